The molecule has 0 bridgehead atoms. The Bertz CT molecular complexity index is 569. The number of nitrogens with one attached hydrogen (secondary N) is 1. The lowest BCUT2D eigenvalue weighted by atomic mass is 10.1. The van der Waals surface area contributed by atoms with E-state index in [1.165, 1.54) is 11.1 Å². The molecule has 1 N–H and O–H groups in total. The zero-order valence-electron chi connectivity index (χ0n) is 12.1. The van der Waals surface area contributed by atoms with Crippen molar-refractivity contribution in [3.05, 3.63) is 65.2 Å². The number of ether oxygens (including phenoxy) is 1. The van der Waals surface area contributed by atoms with Crippen LogP contribution in [0.5, 0.6) is 5.75 Å². The molecular weight excluding hydrogens is 272 g/mol. The van der Waals surface area contributed by atoms with E-state index in [-0.39, 0.29) is 11.8 Å². The highest BCUT2D eigenvalue weighted by Gasteiger charge is 2.07. The van der Waals surface area contributed by atoms with Crippen LogP contribution in [0.25, 0.3) is 0 Å². The maximum absolute atomic E-state index is 12.1. The van der Waals surface area contributed by atoms with Crippen molar-refractivity contribution in [3.63, 3.8) is 0 Å². The van der Waals surface area contributed by atoms with E-state index in [2.05, 4.69) is 35.2 Å². The molecule has 4 heteroatoms. The lowest BCUT2D eigenvalue weighted by Gasteiger charge is -2.15. The molecular formula is C17H19F2NO. The van der Waals surface area contributed by atoms with E-state index in [0.29, 0.717) is 0 Å². The second kappa shape index (κ2) is 7.18. The van der Waals surface area contributed by atoms with Crippen molar-refractivity contribution in [2.45, 2.75) is 33.0 Å². The molecule has 2 aromatic carbocycles. The molecule has 0 heterocycles. The second-order valence-corrected chi connectivity index (χ2v) is 5.04. The molecule has 0 saturated heterocycles. The zero-order chi connectivity index (χ0) is 15.2. The molecule has 1 unspecified atom stereocenters. The highest BCUT2D eigenvalue weighted by molar-refractivity contribution is 5.29. The summed E-state index contributed by atoms with van der Waals surface area (Å²) in [6, 6.07) is 15.2. The predicted molar refractivity (Wildman–Crippen MR) is 79.5 cm³/mol. The van der Waals surface area contributed by atoms with E-state index in [1.54, 1.807) is 24.3 Å². The minimum Gasteiger partial charge on any atom is -0.435 e. The average molecular weight is 291 g/mol. The summed E-state index contributed by atoms with van der Waals surface area (Å²) in [7, 11) is 0. The molecule has 0 saturated carbocycles. The van der Waals surface area contributed by atoms with E-state index in [1.807, 2.05) is 13.0 Å². The fourth-order valence-corrected chi connectivity index (χ4v) is 2.15. The van der Waals surface area contributed by atoms with Gasteiger partial charge in [-0.3, -0.25) is 0 Å². The van der Waals surface area contributed by atoms with Crippen LogP contribution < -0.4 is 10.1 Å². The monoisotopic (exact) mass is 291 g/mol. The van der Waals surface area contributed by atoms with Crippen LogP contribution in [0, 0.1) is 6.92 Å². The third kappa shape index (κ3) is 4.83. The van der Waals surface area contributed by atoms with Crippen LogP contribution in [-0.4, -0.2) is 6.61 Å². The molecule has 0 amide bonds. The lowest BCUT2D eigenvalue weighted by Crippen LogP contribution is -2.18. The van der Waals surface area contributed by atoms with Gasteiger partial charge in [0.15, 0.2) is 0 Å². The van der Waals surface area contributed by atoms with Crippen molar-refractivity contribution in [1.82, 2.24) is 5.32 Å². The van der Waals surface area contributed by atoms with Gasteiger partial charge in [-0.05, 0) is 37.1 Å². The predicted octanol–water partition coefficient (Wildman–Crippen LogP) is 4.45. The summed E-state index contributed by atoms with van der Waals surface area (Å²) >= 11 is 0. The fraction of sp³-hybridized carbons (Fsp3) is 0.294. The summed E-state index contributed by atoms with van der Waals surface area (Å²) in [5.74, 6) is 0.180. The molecule has 0 spiro atoms. The van der Waals surface area contributed by atoms with Crippen LogP contribution in [0.3, 0.4) is 0 Å². The standard InChI is InChI=1S/C17H19F2NO/c1-12-4-3-5-14(10-12)11-20-13(2)15-6-8-16(9-7-15)21-17(18)19/h3-10,13,17,20H,11H2,1-2H3. The van der Waals surface area contributed by atoms with Gasteiger partial charge in [-0.15, -0.1) is 0 Å². The van der Waals surface area contributed by atoms with Crippen LogP contribution in [-0.2, 0) is 6.54 Å². The van der Waals surface area contributed by atoms with Crippen LogP contribution >= 0.6 is 0 Å². The molecule has 2 rings (SSSR count). The highest BCUT2D eigenvalue weighted by Crippen LogP contribution is 2.19. The van der Waals surface area contributed by atoms with Crippen molar-refractivity contribution >= 4 is 0 Å². The Morgan fingerprint density at radius 2 is 1.81 bits per heavy atom. The molecule has 0 fully saturated rings. The Hall–Kier alpha value is -1.94. The van der Waals surface area contributed by atoms with E-state index in [0.717, 1.165) is 12.1 Å². The maximum Gasteiger partial charge on any atom is 0.387 e. The van der Waals surface area contributed by atoms with Crippen LogP contribution in [0.1, 0.15) is 29.7 Å². The van der Waals surface area contributed by atoms with Gasteiger partial charge >= 0.3 is 6.61 Å². The summed E-state index contributed by atoms with van der Waals surface area (Å²) < 4.78 is 28.5. The molecule has 0 aliphatic carbocycles. The van der Waals surface area contributed by atoms with E-state index < -0.39 is 6.61 Å². The minimum atomic E-state index is -2.78. The Morgan fingerprint density at radius 1 is 1.10 bits per heavy atom. The summed E-state index contributed by atoms with van der Waals surface area (Å²) in [5.41, 5.74) is 3.49. The van der Waals surface area contributed by atoms with Gasteiger partial charge in [0.1, 0.15) is 5.75 Å². The Kier molecular flexibility index (Phi) is 5.28. The molecule has 2 nitrogen and oxygen atoms in total. The summed E-state index contributed by atoms with van der Waals surface area (Å²) in [6.07, 6.45) is 0. The Labute approximate surface area is 123 Å². The van der Waals surface area contributed by atoms with Crippen LogP contribution in [0.2, 0.25) is 0 Å². The second-order valence-electron chi connectivity index (χ2n) is 5.04. The molecule has 21 heavy (non-hydrogen) atoms. The Balaban J connectivity index is 1.92. The van der Waals surface area contributed by atoms with Crippen molar-refractivity contribution in [2.24, 2.45) is 0 Å². The van der Waals surface area contributed by atoms with Crippen LogP contribution in [0.4, 0.5) is 8.78 Å². The normalized spacial score (nSPS) is 12.4. The van der Waals surface area contributed by atoms with E-state index in [4.69, 9.17) is 0 Å². The van der Waals surface area contributed by atoms with E-state index >= 15 is 0 Å². The van der Waals surface area contributed by atoms with Gasteiger partial charge in [-0.2, -0.15) is 8.78 Å². The topological polar surface area (TPSA) is 21.3 Å². The molecule has 0 aliphatic heterocycles. The number of rotatable bonds is 6. The molecule has 0 radical (unpaired) electrons. The maximum atomic E-state index is 12.1. The Morgan fingerprint density at radius 3 is 2.43 bits per heavy atom. The molecule has 1 atom stereocenters. The average Bonchev–Trinajstić information content (AvgIpc) is 2.45. The summed E-state index contributed by atoms with van der Waals surface area (Å²) in [4.78, 5) is 0. The molecule has 0 aliphatic rings. The first-order valence-corrected chi connectivity index (χ1v) is 6.88. The van der Waals surface area contributed by atoms with Gasteiger partial charge in [-0.25, -0.2) is 0 Å². The molecule has 0 aromatic heterocycles. The number of hydrogen-bond acceptors (Lipinski definition) is 2. The van der Waals surface area contributed by atoms with Gasteiger partial charge in [0, 0.05) is 12.6 Å². The first kappa shape index (κ1) is 15.4. The third-order valence-electron chi connectivity index (χ3n) is 3.30. The van der Waals surface area contributed by atoms with E-state index in [9.17, 15) is 8.78 Å². The quantitative estimate of drug-likeness (QED) is 0.849. The zero-order valence-corrected chi connectivity index (χ0v) is 12.1. The largest absolute Gasteiger partial charge is 0.435 e. The van der Waals surface area contributed by atoms with Crippen LogP contribution in [0.15, 0.2) is 48.5 Å². The highest BCUT2D eigenvalue weighted by atomic mass is 19.3. The fourth-order valence-electron chi connectivity index (χ4n) is 2.15. The summed E-state index contributed by atoms with van der Waals surface area (Å²) in [6.45, 7) is 2.08. The minimum absolute atomic E-state index is 0.131. The van der Waals surface area contributed by atoms with Gasteiger partial charge < -0.3 is 10.1 Å². The SMILES string of the molecule is Cc1cccc(CNC(C)c2ccc(OC(F)F)cc2)c1. The van der Waals surface area contributed by atoms with Gasteiger partial charge in [0.25, 0.3) is 0 Å². The number of alkyl halides is 2. The molecule has 2 aromatic rings. The number of benzene rings is 2. The van der Waals surface area contributed by atoms with Gasteiger partial charge in [-0.1, -0.05) is 42.0 Å². The van der Waals surface area contributed by atoms with Gasteiger partial charge in [0.05, 0.1) is 0 Å². The van der Waals surface area contributed by atoms with Crippen molar-refractivity contribution in [1.29, 1.82) is 0 Å². The van der Waals surface area contributed by atoms with Crippen molar-refractivity contribution < 1.29 is 13.5 Å². The van der Waals surface area contributed by atoms with Crippen molar-refractivity contribution in [3.8, 4) is 5.75 Å². The third-order valence-corrected chi connectivity index (χ3v) is 3.30. The van der Waals surface area contributed by atoms with Gasteiger partial charge in [0.2, 0.25) is 0 Å². The van der Waals surface area contributed by atoms with Crippen molar-refractivity contribution in [2.75, 3.05) is 0 Å². The number of halogens is 2. The number of aryl methyl sites for hydroxylation is 1. The lowest BCUT2D eigenvalue weighted by molar-refractivity contribution is -0.0498. The number of hydrogen-bond donors (Lipinski definition) is 1. The molecule has 112 valence electrons. The first-order chi connectivity index (χ1) is 10.0. The first-order valence-electron chi connectivity index (χ1n) is 6.88. The smallest absolute Gasteiger partial charge is 0.387 e. The summed E-state index contributed by atoms with van der Waals surface area (Å²) in [5, 5.41) is 3.41.